The van der Waals surface area contributed by atoms with Gasteiger partial charge in [0.15, 0.2) is 0 Å². The maximum Gasteiger partial charge on any atom is 0.115 e. The molecule has 2 aromatic carbocycles. The maximum atomic E-state index is 9.16. The first-order valence-electron chi connectivity index (χ1n) is 8.05. The molecule has 2 heteroatoms. The Morgan fingerprint density at radius 3 is 1.54 bits per heavy atom. The lowest BCUT2D eigenvalue weighted by molar-refractivity contribution is 0.473. The van der Waals surface area contributed by atoms with E-state index in [4.69, 9.17) is 10.2 Å². The van der Waals surface area contributed by atoms with Crippen molar-refractivity contribution in [3.05, 3.63) is 59.7 Å². The van der Waals surface area contributed by atoms with Gasteiger partial charge in [-0.05, 0) is 60.1 Å². The van der Waals surface area contributed by atoms with Crippen LogP contribution in [0.3, 0.4) is 0 Å². The molecule has 2 rings (SSSR count). The fraction of sp³-hybridized carbons (Fsp3) is 0.500. The highest BCUT2D eigenvalue weighted by Gasteiger charge is 2.02. The molecule has 0 aliphatic rings. The van der Waals surface area contributed by atoms with Crippen LogP contribution >= 0.6 is 0 Å². The second kappa shape index (κ2) is 16.5. The van der Waals surface area contributed by atoms with Crippen molar-refractivity contribution in [2.45, 2.75) is 82.1 Å². The van der Waals surface area contributed by atoms with Crippen molar-refractivity contribution in [1.29, 1.82) is 0 Å². The number of aromatic hydroxyl groups is 2. The Hall–Kier alpha value is -1.96. The van der Waals surface area contributed by atoms with Crippen LogP contribution in [0.2, 0.25) is 0 Å². The first-order valence-corrected chi connectivity index (χ1v) is 8.05. The molecule has 2 atom stereocenters. The van der Waals surface area contributed by atoms with Gasteiger partial charge in [0, 0.05) is 0 Å². The van der Waals surface area contributed by atoms with Gasteiger partial charge in [-0.15, -0.1) is 0 Å². The second-order valence-corrected chi connectivity index (χ2v) is 5.81. The molecular formula is C24H44O2. The van der Waals surface area contributed by atoms with E-state index in [9.17, 15) is 0 Å². The zero-order valence-corrected chi connectivity index (χ0v) is 14.1. The molecule has 0 spiro atoms. The predicted octanol–water partition coefficient (Wildman–Crippen LogP) is 8.36. The van der Waals surface area contributed by atoms with Gasteiger partial charge in [0.25, 0.3) is 0 Å². The molecule has 0 radical (unpaired) electrons. The molecule has 0 heterocycles. The summed E-state index contributed by atoms with van der Waals surface area (Å²) in [6.45, 7) is 8.66. The summed E-state index contributed by atoms with van der Waals surface area (Å²) < 4.78 is 0. The molecule has 2 N–H and O–H groups in total. The quantitative estimate of drug-likeness (QED) is 0.572. The Morgan fingerprint density at radius 1 is 0.654 bits per heavy atom. The Labute approximate surface area is 163 Å². The third kappa shape index (κ3) is 10.8. The average molecular weight is 365 g/mol. The minimum atomic E-state index is 0. The summed E-state index contributed by atoms with van der Waals surface area (Å²) in [6, 6.07) is 14.9. The van der Waals surface area contributed by atoms with Crippen molar-refractivity contribution < 1.29 is 10.2 Å². The lowest BCUT2D eigenvalue weighted by Gasteiger charge is -2.07. The first kappa shape index (κ1) is 31.8. The highest BCUT2D eigenvalue weighted by Crippen LogP contribution is 2.22. The third-order valence-electron chi connectivity index (χ3n) is 4.13. The van der Waals surface area contributed by atoms with E-state index in [-0.39, 0.29) is 29.7 Å². The lowest BCUT2D eigenvalue weighted by atomic mass is 9.99. The Morgan fingerprint density at radius 2 is 1.12 bits per heavy atom. The van der Waals surface area contributed by atoms with Crippen LogP contribution in [-0.4, -0.2) is 10.2 Å². The van der Waals surface area contributed by atoms with Crippen LogP contribution in [0.1, 0.15) is 93.2 Å². The number of hydrogen-bond donors (Lipinski definition) is 2. The van der Waals surface area contributed by atoms with Crippen LogP contribution in [0.25, 0.3) is 0 Å². The first-order chi connectivity index (χ1) is 10.5. The summed E-state index contributed by atoms with van der Waals surface area (Å²) in [5.41, 5.74) is 2.51. The fourth-order valence-corrected chi connectivity index (χ4v) is 2.11. The molecule has 152 valence electrons. The van der Waals surface area contributed by atoms with Crippen molar-refractivity contribution in [2.75, 3.05) is 0 Å². The Kier molecular flexibility index (Phi) is 20.2. The molecule has 26 heavy (non-hydrogen) atoms. The van der Waals surface area contributed by atoms with E-state index in [1.807, 2.05) is 30.3 Å². The number of rotatable bonds is 4. The van der Waals surface area contributed by atoms with Gasteiger partial charge in [-0.25, -0.2) is 0 Å². The van der Waals surface area contributed by atoms with Crippen LogP contribution in [0, 0.1) is 0 Å². The van der Waals surface area contributed by atoms with Crippen molar-refractivity contribution in [1.82, 2.24) is 0 Å². The van der Waals surface area contributed by atoms with Gasteiger partial charge in [0.1, 0.15) is 11.5 Å². The molecule has 0 fully saturated rings. The topological polar surface area (TPSA) is 40.5 Å². The van der Waals surface area contributed by atoms with Gasteiger partial charge in [-0.2, -0.15) is 0 Å². The summed E-state index contributed by atoms with van der Waals surface area (Å²) in [6.07, 6.45) is 2.26. The molecule has 2 unspecified atom stereocenters. The van der Waals surface area contributed by atoms with Gasteiger partial charge in [0.2, 0.25) is 0 Å². The number of benzene rings is 2. The summed E-state index contributed by atoms with van der Waals surface area (Å²) in [4.78, 5) is 0. The Balaban J connectivity index is -0.000000161. The van der Waals surface area contributed by atoms with Crippen molar-refractivity contribution >= 4 is 0 Å². The summed E-state index contributed by atoms with van der Waals surface area (Å²) in [5, 5.41) is 18.2. The van der Waals surface area contributed by atoms with E-state index in [1.165, 1.54) is 11.1 Å². The molecule has 0 aliphatic heterocycles. The van der Waals surface area contributed by atoms with Crippen molar-refractivity contribution in [3.63, 3.8) is 0 Å². The number of phenolic OH excluding ortho intramolecular Hbond substituents is 2. The molecule has 0 aromatic heterocycles. The number of hydrogen-bond acceptors (Lipinski definition) is 2. The SMILES string of the molecule is C.C.C.C.CCC(C)c1ccc(O)cc1.CCC(C)c1cccc(O)c1. The second-order valence-electron chi connectivity index (χ2n) is 5.81. The van der Waals surface area contributed by atoms with Gasteiger partial charge in [-0.1, -0.05) is 81.7 Å². The number of phenols is 2. The van der Waals surface area contributed by atoms with Gasteiger partial charge < -0.3 is 10.2 Å². The van der Waals surface area contributed by atoms with E-state index in [2.05, 4.69) is 27.7 Å². The third-order valence-corrected chi connectivity index (χ3v) is 4.13. The molecule has 2 nitrogen and oxygen atoms in total. The maximum absolute atomic E-state index is 9.16. The minimum Gasteiger partial charge on any atom is -0.508 e. The van der Waals surface area contributed by atoms with Gasteiger partial charge in [0.05, 0.1) is 0 Å². The van der Waals surface area contributed by atoms with Crippen LogP contribution < -0.4 is 0 Å². The van der Waals surface area contributed by atoms with E-state index >= 15 is 0 Å². The standard InChI is InChI=1S/2C10H14O.4CH4/c1-3-8(2)9-4-6-10(11)7-5-9;1-3-8(2)9-5-4-6-10(11)7-9;;;;/h2*4-8,11H,3H2,1-2H3;4*1H4. The molecular weight excluding hydrogens is 320 g/mol. The average Bonchev–Trinajstić information content (AvgIpc) is 2.54. The smallest absolute Gasteiger partial charge is 0.115 e. The minimum absolute atomic E-state index is 0. The molecule has 0 saturated heterocycles. The molecule has 0 saturated carbocycles. The molecule has 2 aromatic rings. The van der Waals surface area contributed by atoms with Crippen molar-refractivity contribution in [3.8, 4) is 11.5 Å². The Bertz CT molecular complexity index is 546. The molecule has 0 bridgehead atoms. The van der Waals surface area contributed by atoms with Gasteiger partial charge >= 0.3 is 0 Å². The summed E-state index contributed by atoms with van der Waals surface area (Å²) in [5.74, 6) is 1.84. The van der Waals surface area contributed by atoms with Crippen LogP contribution in [-0.2, 0) is 0 Å². The van der Waals surface area contributed by atoms with Gasteiger partial charge in [-0.3, -0.25) is 0 Å². The van der Waals surface area contributed by atoms with E-state index < -0.39 is 0 Å². The molecule has 0 amide bonds. The van der Waals surface area contributed by atoms with E-state index in [1.54, 1.807) is 18.2 Å². The zero-order chi connectivity index (χ0) is 16.5. The van der Waals surface area contributed by atoms with E-state index in [0.29, 0.717) is 23.3 Å². The monoisotopic (exact) mass is 364 g/mol. The normalized spacial score (nSPS) is 10.9. The molecule has 0 aliphatic carbocycles. The summed E-state index contributed by atoms with van der Waals surface area (Å²) >= 11 is 0. The zero-order valence-electron chi connectivity index (χ0n) is 14.1. The van der Waals surface area contributed by atoms with Crippen LogP contribution in [0.4, 0.5) is 0 Å². The lowest BCUT2D eigenvalue weighted by Crippen LogP contribution is -1.89. The highest BCUT2D eigenvalue weighted by molar-refractivity contribution is 5.29. The fourth-order valence-electron chi connectivity index (χ4n) is 2.11. The van der Waals surface area contributed by atoms with E-state index in [0.717, 1.165) is 12.8 Å². The van der Waals surface area contributed by atoms with Crippen LogP contribution in [0.5, 0.6) is 11.5 Å². The highest BCUT2D eigenvalue weighted by atomic mass is 16.3. The predicted molar refractivity (Wildman–Crippen MR) is 121 cm³/mol. The largest absolute Gasteiger partial charge is 0.508 e. The summed E-state index contributed by atoms with van der Waals surface area (Å²) in [7, 11) is 0. The van der Waals surface area contributed by atoms with Crippen LogP contribution in [0.15, 0.2) is 48.5 Å². The van der Waals surface area contributed by atoms with Crippen molar-refractivity contribution in [2.24, 2.45) is 0 Å².